The van der Waals surface area contributed by atoms with Crippen LogP contribution in [0, 0.1) is 11.6 Å². The van der Waals surface area contributed by atoms with Gasteiger partial charge in [-0.25, -0.2) is 28.3 Å². The summed E-state index contributed by atoms with van der Waals surface area (Å²) in [6.07, 6.45) is 5.72. The summed E-state index contributed by atoms with van der Waals surface area (Å²) in [6.45, 7) is 5.91. The van der Waals surface area contributed by atoms with Gasteiger partial charge in [0, 0.05) is 56.4 Å². The molecule has 0 bridgehead atoms. The average molecular weight is 1050 g/mol. The van der Waals surface area contributed by atoms with E-state index in [0.29, 0.717) is 59.0 Å². The van der Waals surface area contributed by atoms with Gasteiger partial charge in [-0.15, -0.1) is 0 Å². The third-order valence-electron chi connectivity index (χ3n) is 13.8. The van der Waals surface area contributed by atoms with Crippen LogP contribution < -0.4 is 40.1 Å². The van der Waals surface area contributed by atoms with Crippen LogP contribution in [-0.2, 0) is 11.1 Å². The van der Waals surface area contributed by atoms with Gasteiger partial charge in [-0.2, -0.15) is 0 Å². The van der Waals surface area contributed by atoms with Gasteiger partial charge in [-0.05, 0) is 97.5 Å². The van der Waals surface area contributed by atoms with Crippen molar-refractivity contribution in [3.63, 3.8) is 0 Å². The number of nitrogens with zero attached hydrogens (tertiary/aromatic N) is 5. The van der Waals surface area contributed by atoms with Crippen molar-refractivity contribution in [3.05, 3.63) is 171 Å². The van der Waals surface area contributed by atoms with E-state index >= 15 is 0 Å². The zero-order chi connectivity index (χ0) is 51.7. The number of carbonyl (C=O) groups is 4. The van der Waals surface area contributed by atoms with Gasteiger partial charge in [0.05, 0.1) is 69.6 Å². The number of ether oxygens (including phenoxy) is 2. The van der Waals surface area contributed by atoms with Crippen LogP contribution >= 0.6 is 23.2 Å². The van der Waals surface area contributed by atoms with E-state index in [4.69, 9.17) is 37.8 Å². The highest BCUT2D eigenvalue weighted by Gasteiger charge is 2.48. The van der Waals surface area contributed by atoms with E-state index in [0.717, 1.165) is 86.6 Å². The molecule has 5 heterocycles. The molecule has 6 aromatic rings. The highest BCUT2D eigenvalue weighted by atomic mass is 35.5. The fraction of sp³-hybridized carbons (Fsp3) is 0.296. The normalized spacial score (nSPS) is 17.4. The van der Waals surface area contributed by atoms with Crippen LogP contribution in [0.3, 0.4) is 0 Å². The van der Waals surface area contributed by atoms with Crippen LogP contribution in [0.25, 0.3) is 0 Å². The lowest BCUT2D eigenvalue weighted by molar-refractivity contribution is 0.0686. The molecule has 0 radical (unpaired) electrons. The summed E-state index contributed by atoms with van der Waals surface area (Å²) in [5, 5.41) is 28.6. The molecule has 5 fully saturated rings. The van der Waals surface area contributed by atoms with E-state index in [1.54, 1.807) is 54.7 Å². The highest BCUT2D eigenvalue weighted by molar-refractivity contribution is 6.31. The second-order valence-electron chi connectivity index (χ2n) is 19.0. The minimum absolute atomic E-state index is 0.0146. The molecule has 382 valence electrons. The molecule has 0 atom stereocenters. The van der Waals surface area contributed by atoms with Crippen molar-refractivity contribution in [1.82, 2.24) is 25.9 Å². The van der Waals surface area contributed by atoms with Crippen molar-refractivity contribution in [1.29, 1.82) is 0 Å². The lowest BCUT2D eigenvalue weighted by Gasteiger charge is -2.40. The first-order valence-corrected chi connectivity index (χ1v) is 24.9. The maximum absolute atomic E-state index is 13.5. The molecule has 2 aromatic heterocycles. The van der Waals surface area contributed by atoms with E-state index < -0.39 is 34.7 Å². The zero-order valence-corrected chi connectivity index (χ0v) is 41.2. The van der Waals surface area contributed by atoms with Crippen LogP contribution in [0.4, 0.5) is 26.1 Å². The molecule has 20 heteroatoms. The predicted octanol–water partition coefficient (Wildman–Crippen LogP) is 7.93. The maximum Gasteiger partial charge on any atom is 0.335 e. The number of aromatic nitrogens is 2. The van der Waals surface area contributed by atoms with E-state index in [1.807, 2.05) is 21.9 Å². The summed E-state index contributed by atoms with van der Waals surface area (Å²) in [5.41, 5.74) is 2.91. The smallest absolute Gasteiger partial charge is 0.335 e. The van der Waals surface area contributed by atoms with Gasteiger partial charge in [-0.3, -0.25) is 9.59 Å². The number of piperazine rings is 1. The van der Waals surface area contributed by atoms with Crippen LogP contribution in [0.5, 0.6) is 11.5 Å². The fourth-order valence-electron chi connectivity index (χ4n) is 9.34. The highest BCUT2D eigenvalue weighted by Crippen LogP contribution is 2.47. The van der Waals surface area contributed by atoms with Crippen molar-refractivity contribution in [3.8, 4) is 11.5 Å². The molecular formula is C54H50Cl2F2N8O8. The minimum atomic E-state index is -1.01. The van der Waals surface area contributed by atoms with Crippen LogP contribution in [0.15, 0.2) is 116 Å². The average Bonchev–Trinajstić information content (AvgIpc) is 4.34. The van der Waals surface area contributed by atoms with E-state index in [2.05, 4.69) is 43.0 Å². The van der Waals surface area contributed by atoms with Gasteiger partial charge in [0.15, 0.2) is 11.6 Å². The van der Waals surface area contributed by atoms with E-state index in [1.165, 1.54) is 24.4 Å². The van der Waals surface area contributed by atoms with Gasteiger partial charge in [0.25, 0.3) is 11.8 Å². The number of nitrogens with one attached hydrogen (secondary N) is 3. The molecule has 2 saturated carbocycles. The topological polar surface area (TPSA) is 199 Å². The Balaban J connectivity index is 0.000000170. The number of benzene rings is 4. The Labute approximate surface area is 434 Å². The van der Waals surface area contributed by atoms with Gasteiger partial charge in [0.1, 0.15) is 35.3 Å². The number of anilines is 3. The monoisotopic (exact) mass is 1050 g/mol. The third-order valence-corrected chi connectivity index (χ3v) is 14.2. The second kappa shape index (κ2) is 20.8. The number of carboxylic acids is 2. The van der Waals surface area contributed by atoms with Crippen molar-refractivity contribution < 1.29 is 47.6 Å². The number of halogens is 4. The summed E-state index contributed by atoms with van der Waals surface area (Å²) in [7, 11) is 0. The lowest BCUT2D eigenvalue weighted by Crippen LogP contribution is -2.55. The van der Waals surface area contributed by atoms with Gasteiger partial charge in [0.2, 0.25) is 0 Å². The van der Waals surface area contributed by atoms with Gasteiger partial charge < -0.3 is 50.3 Å². The van der Waals surface area contributed by atoms with E-state index in [9.17, 15) is 33.1 Å². The van der Waals surface area contributed by atoms with Crippen LogP contribution in [0.2, 0.25) is 10.0 Å². The molecule has 4 aromatic carbocycles. The Morgan fingerprint density at radius 3 is 1.49 bits per heavy atom. The maximum atomic E-state index is 13.5. The number of rotatable bonds is 15. The van der Waals surface area contributed by atoms with Gasteiger partial charge in [-0.1, -0.05) is 53.5 Å². The Bertz CT molecular complexity index is 3110. The number of hydrogen-bond acceptors (Lipinski definition) is 12. The van der Waals surface area contributed by atoms with Gasteiger partial charge >= 0.3 is 11.9 Å². The molecule has 0 spiro atoms. The minimum Gasteiger partial charge on any atom is -0.487 e. The van der Waals surface area contributed by atoms with Crippen molar-refractivity contribution in [2.45, 2.75) is 49.0 Å². The first kappa shape index (κ1) is 50.0. The number of hydrogen-bond donors (Lipinski definition) is 5. The Morgan fingerprint density at radius 2 is 1.05 bits per heavy atom. The lowest BCUT2D eigenvalue weighted by atomic mass is 10.0. The molecule has 11 rings (SSSR count). The molecule has 16 nitrogen and oxygen atoms in total. The second-order valence-corrected chi connectivity index (χ2v) is 19.9. The molecule has 2 amide bonds. The number of pyridine rings is 2. The number of amides is 2. The number of carbonyl (C=O) groups excluding carboxylic acids is 2. The molecule has 0 unspecified atom stereocenters. The van der Waals surface area contributed by atoms with Crippen LogP contribution in [-0.4, -0.2) is 108 Å². The first-order valence-electron chi connectivity index (χ1n) is 24.1. The molecule has 74 heavy (non-hydrogen) atoms. The SMILES string of the molecule is O=C(O)c1ccc(C2(NC(=O)c3cc(Cl)cnc3N3CC(Oc4ccc(F)c(F)c4)C3)CC2)cc1.O=C(O)c1ccc(C2(NC(=O)c3cc(Cl)cnc3N3CC(Oc4cccc(N5CCNCC5)c4)C3)CC2)cc1. The molecule has 5 aliphatic rings. The third kappa shape index (κ3) is 11.0. The Hall–Kier alpha value is -7.54. The Morgan fingerprint density at radius 1 is 0.595 bits per heavy atom. The molecule has 5 N–H and O–H groups in total. The quantitative estimate of drug-likeness (QED) is 0.0665. The summed E-state index contributed by atoms with van der Waals surface area (Å²) >= 11 is 12.4. The molecule has 2 aliphatic carbocycles. The molecule has 3 aliphatic heterocycles. The largest absolute Gasteiger partial charge is 0.487 e. The summed E-state index contributed by atoms with van der Waals surface area (Å²) in [5.74, 6) is -2.45. The summed E-state index contributed by atoms with van der Waals surface area (Å²) < 4.78 is 38.5. The standard InChI is InChI=1S/C29H30ClN5O4.C25H20ClF2N3O4/c30-21-14-25(27(36)33-29(8-9-29)20-6-4-19(5-7-20)28(37)38)26(32-16-21)35-17-24(18-35)39-23-3-1-2-22(15-23)34-12-10-31-11-13-34;26-16-9-19(23(32)30-25(7-8-25)15-3-1-14(2-4-15)24(33)34)22(29-11-16)31-12-18(13-31)35-17-5-6-20(27)21(28)10-17/h1-7,14-16,24,31H,8-13,17-18H2,(H,33,36)(H,37,38);1-6,9-11,18H,7-8,12-13H2,(H,30,32)(H,33,34). The van der Waals surface area contributed by atoms with Crippen LogP contribution in [0.1, 0.15) is 78.2 Å². The molecular weight excluding hydrogens is 998 g/mol. The summed E-state index contributed by atoms with van der Waals surface area (Å²) in [6, 6.07) is 27.9. The first-order chi connectivity index (χ1) is 35.6. The number of carboxylic acid groups (broad SMARTS) is 2. The predicted molar refractivity (Wildman–Crippen MR) is 273 cm³/mol. The Kier molecular flexibility index (Phi) is 14.0. The zero-order valence-electron chi connectivity index (χ0n) is 39.7. The summed E-state index contributed by atoms with van der Waals surface area (Å²) in [4.78, 5) is 64.1. The van der Waals surface area contributed by atoms with E-state index in [-0.39, 0.29) is 40.9 Å². The van der Waals surface area contributed by atoms with Crippen molar-refractivity contribution in [2.75, 3.05) is 67.1 Å². The number of aromatic carboxylic acids is 2. The molecule has 3 saturated heterocycles. The fourth-order valence-corrected chi connectivity index (χ4v) is 9.66. The van der Waals surface area contributed by atoms with Crippen molar-refractivity contribution >= 4 is 64.3 Å². The van der Waals surface area contributed by atoms with Crippen molar-refractivity contribution in [2.24, 2.45) is 0 Å².